The zero-order valence-corrected chi connectivity index (χ0v) is 12.4. The molecule has 1 aromatic carbocycles. The third-order valence-electron chi connectivity index (χ3n) is 4.60. The van der Waals surface area contributed by atoms with Gasteiger partial charge in [0, 0.05) is 19.6 Å². The molecule has 1 aromatic rings. The monoisotopic (exact) mass is 283 g/mol. The summed E-state index contributed by atoms with van der Waals surface area (Å²) in [6, 6.07) is 12.6. The smallest absolute Gasteiger partial charge is 0.225 e. The lowest BCUT2D eigenvalue weighted by Gasteiger charge is -2.17. The number of carbonyl (C=O) groups is 1. The van der Waals surface area contributed by atoms with Gasteiger partial charge in [-0.15, -0.1) is 0 Å². The molecule has 21 heavy (non-hydrogen) atoms. The molecule has 0 spiro atoms. The Morgan fingerprint density at radius 3 is 2.71 bits per heavy atom. The van der Waals surface area contributed by atoms with Crippen LogP contribution >= 0.6 is 0 Å². The van der Waals surface area contributed by atoms with Crippen LogP contribution in [0.15, 0.2) is 30.3 Å². The van der Waals surface area contributed by atoms with Gasteiger partial charge in [0.05, 0.1) is 12.0 Å². The summed E-state index contributed by atoms with van der Waals surface area (Å²) in [5, 5.41) is 12.0. The van der Waals surface area contributed by atoms with Crippen LogP contribution < -0.4 is 5.32 Å². The van der Waals surface area contributed by atoms with Crippen molar-refractivity contribution < 1.29 is 4.79 Å². The number of rotatable bonds is 4. The molecule has 2 aliphatic rings. The third kappa shape index (κ3) is 3.08. The van der Waals surface area contributed by atoms with E-state index in [9.17, 15) is 4.79 Å². The fraction of sp³-hybridized carbons (Fsp3) is 0.529. The molecule has 0 unspecified atom stereocenters. The number of nitriles is 1. The second-order valence-corrected chi connectivity index (χ2v) is 6.45. The van der Waals surface area contributed by atoms with Crippen LogP contribution in [-0.4, -0.2) is 29.4 Å². The van der Waals surface area contributed by atoms with Gasteiger partial charge in [0.2, 0.25) is 5.91 Å². The summed E-state index contributed by atoms with van der Waals surface area (Å²) < 4.78 is 0. The predicted molar refractivity (Wildman–Crippen MR) is 80.1 cm³/mol. The van der Waals surface area contributed by atoms with E-state index >= 15 is 0 Å². The van der Waals surface area contributed by atoms with Crippen molar-refractivity contribution in [3.63, 3.8) is 0 Å². The standard InChI is InChI=1S/C17H21N3O/c1-13-9-20(10-14-5-3-2-4-6-14)11-15(13)16(21)19-17(12-18)7-8-17/h2-6,13,15H,7-11H2,1H3,(H,19,21)/t13-,15-/m1/s1. The van der Waals surface area contributed by atoms with Gasteiger partial charge in [0.25, 0.3) is 0 Å². The van der Waals surface area contributed by atoms with Crippen molar-refractivity contribution >= 4 is 5.91 Å². The van der Waals surface area contributed by atoms with Crippen molar-refractivity contribution in [1.29, 1.82) is 5.26 Å². The number of nitrogens with zero attached hydrogens (tertiary/aromatic N) is 2. The van der Waals surface area contributed by atoms with Crippen LogP contribution in [0.4, 0.5) is 0 Å². The number of amides is 1. The second-order valence-electron chi connectivity index (χ2n) is 6.45. The van der Waals surface area contributed by atoms with Crippen molar-refractivity contribution in [3.05, 3.63) is 35.9 Å². The lowest BCUT2D eigenvalue weighted by atomic mass is 9.97. The van der Waals surface area contributed by atoms with E-state index in [1.54, 1.807) is 0 Å². The van der Waals surface area contributed by atoms with E-state index < -0.39 is 5.54 Å². The van der Waals surface area contributed by atoms with E-state index in [0.29, 0.717) is 5.92 Å². The molecule has 2 fully saturated rings. The number of nitrogens with one attached hydrogen (secondary N) is 1. The van der Waals surface area contributed by atoms with Gasteiger partial charge in [-0.2, -0.15) is 5.26 Å². The van der Waals surface area contributed by atoms with Gasteiger partial charge in [-0.05, 0) is 24.3 Å². The fourth-order valence-electron chi connectivity index (χ4n) is 3.10. The molecule has 4 nitrogen and oxygen atoms in total. The highest BCUT2D eigenvalue weighted by molar-refractivity contribution is 5.81. The van der Waals surface area contributed by atoms with Gasteiger partial charge in [0.1, 0.15) is 5.54 Å². The zero-order valence-electron chi connectivity index (χ0n) is 12.4. The fourth-order valence-corrected chi connectivity index (χ4v) is 3.10. The minimum Gasteiger partial charge on any atom is -0.338 e. The molecular weight excluding hydrogens is 262 g/mol. The number of benzene rings is 1. The minimum atomic E-state index is -0.552. The Balaban J connectivity index is 1.58. The second kappa shape index (κ2) is 5.50. The van der Waals surface area contributed by atoms with E-state index in [0.717, 1.165) is 32.5 Å². The lowest BCUT2D eigenvalue weighted by Crippen LogP contribution is -2.42. The predicted octanol–water partition coefficient (Wildman–Crippen LogP) is 1.93. The quantitative estimate of drug-likeness (QED) is 0.918. The molecule has 1 N–H and O–H groups in total. The maximum Gasteiger partial charge on any atom is 0.225 e. The van der Waals surface area contributed by atoms with Crippen molar-refractivity contribution in [2.24, 2.45) is 11.8 Å². The highest BCUT2D eigenvalue weighted by Gasteiger charge is 2.47. The molecule has 0 radical (unpaired) electrons. The highest BCUT2D eigenvalue weighted by atomic mass is 16.2. The van der Waals surface area contributed by atoms with E-state index in [4.69, 9.17) is 5.26 Å². The average molecular weight is 283 g/mol. The number of carbonyl (C=O) groups excluding carboxylic acids is 1. The largest absolute Gasteiger partial charge is 0.338 e. The molecule has 1 heterocycles. The van der Waals surface area contributed by atoms with E-state index in [1.807, 2.05) is 18.2 Å². The normalized spacial score (nSPS) is 27.0. The summed E-state index contributed by atoms with van der Waals surface area (Å²) >= 11 is 0. The molecule has 0 aromatic heterocycles. The van der Waals surface area contributed by atoms with Crippen LogP contribution in [0.1, 0.15) is 25.3 Å². The van der Waals surface area contributed by atoms with Crippen LogP contribution in [-0.2, 0) is 11.3 Å². The Bertz CT molecular complexity index is 559. The maximum atomic E-state index is 12.4. The van der Waals surface area contributed by atoms with Crippen molar-refractivity contribution in [2.45, 2.75) is 31.8 Å². The molecule has 1 saturated carbocycles. The first-order chi connectivity index (χ1) is 10.1. The molecule has 1 saturated heterocycles. The van der Waals surface area contributed by atoms with E-state index in [1.165, 1.54) is 5.56 Å². The first kappa shape index (κ1) is 14.1. The molecule has 1 aliphatic carbocycles. The zero-order chi connectivity index (χ0) is 14.9. The van der Waals surface area contributed by atoms with Crippen molar-refractivity contribution in [2.75, 3.05) is 13.1 Å². The van der Waals surface area contributed by atoms with E-state index in [2.05, 4.69) is 35.3 Å². The van der Waals surface area contributed by atoms with Gasteiger partial charge in [0.15, 0.2) is 0 Å². The Morgan fingerprint density at radius 2 is 2.10 bits per heavy atom. The Kier molecular flexibility index (Phi) is 3.69. The summed E-state index contributed by atoms with van der Waals surface area (Å²) in [6.07, 6.45) is 1.59. The van der Waals surface area contributed by atoms with Crippen LogP contribution in [0.5, 0.6) is 0 Å². The van der Waals surface area contributed by atoms with Gasteiger partial charge >= 0.3 is 0 Å². The molecule has 2 atom stereocenters. The van der Waals surface area contributed by atoms with Gasteiger partial charge in [-0.25, -0.2) is 0 Å². The summed E-state index contributed by atoms with van der Waals surface area (Å²) in [6.45, 7) is 4.73. The van der Waals surface area contributed by atoms with Crippen LogP contribution in [0, 0.1) is 23.2 Å². The molecule has 1 aliphatic heterocycles. The minimum absolute atomic E-state index is 0.000428. The Hall–Kier alpha value is -1.86. The molecule has 0 bridgehead atoms. The van der Waals surface area contributed by atoms with Crippen molar-refractivity contribution in [3.8, 4) is 6.07 Å². The number of hydrogen-bond donors (Lipinski definition) is 1. The Labute approximate surface area is 125 Å². The van der Waals surface area contributed by atoms with Crippen LogP contribution in [0.2, 0.25) is 0 Å². The number of hydrogen-bond acceptors (Lipinski definition) is 3. The molecular formula is C17H21N3O. The lowest BCUT2D eigenvalue weighted by molar-refractivity contribution is -0.126. The number of likely N-dealkylation sites (tertiary alicyclic amines) is 1. The maximum absolute atomic E-state index is 12.4. The van der Waals surface area contributed by atoms with Gasteiger partial charge < -0.3 is 5.32 Å². The SMILES string of the molecule is C[C@@H]1CN(Cc2ccccc2)C[C@H]1C(=O)NC1(C#N)CC1. The summed E-state index contributed by atoms with van der Waals surface area (Å²) in [4.78, 5) is 14.7. The molecule has 3 rings (SSSR count). The third-order valence-corrected chi connectivity index (χ3v) is 4.60. The first-order valence-electron chi connectivity index (χ1n) is 7.61. The first-order valence-corrected chi connectivity index (χ1v) is 7.61. The van der Waals surface area contributed by atoms with Crippen LogP contribution in [0.3, 0.4) is 0 Å². The topological polar surface area (TPSA) is 56.1 Å². The van der Waals surface area contributed by atoms with Crippen molar-refractivity contribution in [1.82, 2.24) is 10.2 Å². The van der Waals surface area contributed by atoms with Gasteiger partial charge in [-0.1, -0.05) is 37.3 Å². The Morgan fingerprint density at radius 1 is 1.38 bits per heavy atom. The summed E-state index contributed by atoms with van der Waals surface area (Å²) in [7, 11) is 0. The average Bonchev–Trinajstić information content (AvgIpc) is 3.16. The van der Waals surface area contributed by atoms with Gasteiger partial charge in [-0.3, -0.25) is 9.69 Å². The molecule has 4 heteroatoms. The molecule has 1 amide bonds. The highest BCUT2D eigenvalue weighted by Crippen LogP contribution is 2.35. The molecule has 110 valence electrons. The summed E-state index contributed by atoms with van der Waals surface area (Å²) in [5.74, 6) is 0.389. The van der Waals surface area contributed by atoms with E-state index in [-0.39, 0.29) is 11.8 Å². The summed E-state index contributed by atoms with van der Waals surface area (Å²) in [5.41, 5.74) is 0.727. The van der Waals surface area contributed by atoms with Crippen LogP contribution in [0.25, 0.3) is 0 Å².